The molecule has 0 aliphatic carbocycles. The molecule has 0 bridgehead atoms. The minimum absolute atomic E-state index is 0.0000954. The van der Waals surface area contributed by atoms with E-state index in [0.29, 0.717) is 13.2 Å². The number of benzene rings is 2. The van der Waals surface area contributed by atoms with Crippen LogP contribution in [0.5, 0.6) is 5.75 Å². The van der Waals surface area contributed by atoms with Crippen molar-refractivity contribution < 1.29 is 18.7 Å². The first-order valence-corrected chi connectivity index (χ1v) is 7.51. The normalized spacial score (nSPS) is 17.0. The van der Waals surface area contributed by atoms with Crippen LogP contribution in [0.1, 0.15) is 16.8 Å². The summed E-state index contributed by atoms with van der Waals surface area (Å²) in [6.45, 7) is 1.05. The molecule has 5 heteroatoms. The molecule has 3 rings (SSSR count). The lowest BCUT2D eigenvalue weighted by Crippen LogP contribution is -2.41. The van der Waals surface area contributed by atoms with Crippen molar-refractivity contribution >= 4 is 11.6 Å². The Morgan fingerprint density at radius 3 is 2.65 bits per heavy atom. The van der Waals surface area contributed by atoms with Crippen LogP contribution in [-0.2, 0) is 4.74 Å². The van der Waals surface area contributed by atoms with Crippen molar-refractivity contribution in [2.45, 2.75) is 12.5 Å². The first kappa shape index (κ1) is 15.5. The van der Waals surface area contributed by atoms with Crippen LogP contribution >= 0.6 is 0 Å². The number of carbonyl (C=O) groups excluding carboxylic acids is 1. The Kier molecular flexibility index (Phi) is 4.57. The molecule has 4 nitrogen and oxygen atoms in total. The van der Waals surface area contributed by atoms with Crippen LogP contribution in [0.4, 0.5) is 10.1 Å². The van der Waals surface area contributed by atoms with Gasteiger partial charge < -0.3 is 14.4 Å². The summed E-state index contributed by atoms with van der Waals surface area (Å²) in [4.78, 5) is 14.6. The van der Waals surface area contributed by atoms with Crippen LogP contribution in [0.15, 0.2) is 48.5 Å². The van der Waals surface area contributed by atoms with Gasteiger partial charge in [0.05, 0.1) is 25.3 Å². The first-order valence-electron chi connectivity index (χ1n) is 7.51. The highest BCUT2D eigenvalue weighted by Crippen LogP contribution is 2.27. The topological polar surface area (TPSA) is 38.8 Å². The van der Waals surface area contributed by atoms with Crippen molar-refractivity contribution in [3.8, 4) is 5.75 Å². The highest BCUT2D eigenvalue weighted by Gasteiger charge is 2.31. The largest absolute Gasteiger partial charge is 0.494 e. The van der Waals surface area contributed by atoms with E-state index in [0.717, 1.165) is 12.1 Å². The Morgan fingerprint density at radius 1 is 1.22 bits per heavy atom. The number of halogens is 1. The third-order valence-corrected chi connectivity index (χ3v) is 3.94. The van der Waals surface area contributed by atoms with E-state index in [4.69, 9.17) is 9.47 Å². The predicted octanol–water partition coefficient (Wildman–Crippen LogP) is 3.27. The summed E-state index contributed by atoms with van der Waals surface area (Å²) < 4.78 is 24.9. The molecule has 1 atom stereocenters. The van der Waals surface area contributed by atoms with Gasteiger partial charge in [-0.2, -0.15) is 0 Å². The Morgan fingerprint density at radius 2 is 2.00 bits per heavy atom. The molecule has 0 aromatic heterocycles. The summed E-state index contributed by atoms with van der Waals surface area (Å²) in [6.07, 6.45) is 0.728. The molecular weight excluding hydrogens is 297 g/mol. The van der Waals surface area contributed by atoms with Crippen molar-refractivity contribution in [1.29, 1.82) is 0 Å². The van der Waals surface area contributed by atoms with Gasteiger partial charge in [0, 0.05) is 12.3 Å². The average Bonchev–Trinajstić information content (AvgIpc) is 3.10. The van der Waals surface area contributed by atoms with Gasteiger partial charge in [0.15, 0.2) is 11.6 Å². The van der Waals surface area contributed by atoms with Gasteiger partial charge in [-0.3, -0.25) is 4.79 Å². The Bertz CT molecular complexity index is 684. The van der Waals surface area contributed by atoms with Gasteiger partial charge >= 0.3 is 0 Å². The standard InChI is InChI=1S/C18H18FNO3/c1-22-16-9-5-8-15(17(16)19)18(21)20(14-10-11-23-12-14)13-6-3-2-4-7-13/h2-9,14H,10-12H2,1H3. The fourth-order valence-corrected chi connectivity index (χ4v) is 2.77. The monoisotopic (exact) mass is 315 g/mol. The Hall–Kier alpha value is -2.40. The molecule has 2 aromatic carbocycles. The highest BCUT2D eigenvalue weighted by atomic mass is 19.1. The number of hydrogen-bond acceptors (Lipinski definition) is 3. The van der Waals surface area contributed by atoms with E-state index >= 15 is 0 Å². The summed E-state index contributed by atoms with van der Waals surface area (Å²) in [6, 6.07) is 13.8. The molecule has 2 aromatic rings. The molecule has 1 saturated heterocycles. The van der Waals surface area contributed by atoms with Gasteiger partial charge in [-0.05, 0) is 30.7 Å². The van der Waals surface area contributed by atoms with E-state index in [1.807, 2.05) is 30.3 Å². The summed E-state index contributed by atoms with van der Waals surface area (Å²) in [5, 5.41) is 0. The van der Waals surface area contributed by atoms with Crippen LogP contribution in [0.25, 0.3) is 0 Å². The molecule has 1 amide bonds. The van der Waals surface area contributed by atoms with E-state index in [1.165, 1.54) is 19.2 Å². The lowest BCUT2D eigenvalue weighted by Gasteiger charge is -2.28. The number of nitrogens with zero attached hydrogens (tertiary/aromatic N) is 1. The van der Waals surface area contributed by atoms with Gasteiger partial charge in [0.25, 0.3) is 5.91 Å². The minimum atomic E-state index is -0.639. The molecule has 23 heavy (non-hydrogen) atoms. The maximum atomic E-state index is 14.5. The zero-order valence-electron chi connectivity index (χ0n) is 12.9. The lowest BCUT2D eigenvalue weighted by molar-refractivity contribution is 0.0967. The molecule has 0 spiro atoms. The van der Waals surface area contributed by atoms with Crippen molar-refractivity contribution in [3.63, 3.8) is 0 Å². The third kappa shape index (κ3) is 3.05. The van der Waals surface area contributed by atoms with E-state index in [9.17, 15) is 9.18 Å². The SMILES string of the molecule is COc1cccc(C(=O)N(c2ccccc2)C2CCOC2)c1F. The van der Waals surface area contributed by atoms with Gasteiger partial charge in [0.2, 0.25) is 0 Å². The maximum Gasteiger partial charge on any atom is 0.261 e. The second-order valence-electron chi connectivity index (χ2n) is 5.35. The van der Waals surface area contributed by atoms with Gasteiger partial charge in [-0.15, -0.1) is 0 Å². The number of amides is 1. The number of rotatable bonds is 4. The lowest BCUT2D eigenvalue weighted by atomic mass is 10.1. The summed E-state index contributed by atoms with van der Waals surface area (Å²) in [7, 11) is 1.38. The number of hydrogen-bond donors (Lipinski definition) is 0. The van der Waals surface area contributed by atoms with E-state index in [2.05, 4.69) is 0 Å². The molecule has 1 aliphatic heterocycles. The molecule has 1 aliphatic rings. The number of anilines is 1. The predicted molar refractivity (Wildman–Crippen MR) is 85.4 cm³/mol. The van der Waals surface area contributed by atoms with Crippen molar-refractivity contribution in [2.24, 2.45) is 0 Å². The van der Waals surface area contributed by atoms with Gasteiger partial charge in [0.1, 0.15) is 0 Å². The van der Waals surface area contributed by atoms with E-state index in [-0.39, 0.29) is 23.3 Å². The van der Waals surface area contributed by atoms with Crippen LogP contribution in [-0.4, -0.2) is 32.3 Å². The second kappa shape index (κ2) is 6.79. The van der Waals surface area contributed by atoms with Crippen LogP contribution < -0.4 is 9.64 Å². The number of para-hydroxylation sites is 1. The number of carbonyl (C=O) groups is 1. The number of methoxy groups -OCH3 is 1. The smallest absolute Gasteiger partial charge is 0.261 e. The van der Waals surface area contributed by atoms with Crippen molar-refractivity contribution in [2.75, 3.05) is 25.2 Å². The van der Waals surface area contributed by atoms with Crippen LogP contribution in [0, 0.1) is 5.82 Å². The van der Waals surface area contributed by atoms with E-state index in [1.54, 1.807) is 11.0 Å². The summed E-state index contributed by atoms with van der Waals surface area (Å²) >= 11 is 0. The fraction of sp³-hybridized carbons (Fsp3) is 0.278. The van der Waals surface area contributed by atoms with Gasteiger partial charge in [-0.1, -0.05) is 24.3 Å². The van der Waals surface area contributed by atoms with Crippen molar-refractivity contribution in [1.82, 2.24) is 0 Å². The average molecular weight is 315 g/mol. The minimum Gasteiger partial charge on any atom is -0.494 e. The molecule has 1 fully saturated rings. The summed E-state index contributed by atoms with van der Waals surface area (Å²) in [5.74, 6) is -0.963. The molecule has 0 N–H and O–H groups in total. The molecule has 0 saturated carbocycles. The molecule has 0 radical (unpaired) electrons. The third-order valence-electron chi connectivity index (χ3n) is 3.94. The molecule has 1 unspecified atom stereocenters. The Balaban J connectivity index is 2.01. The molecular formula is C18H18FNO3. The molecule has 120 valence electrons. The maximum absolute atomic E-state index is 14.5. The Labute approximate surface area is 134 Å². The zero-order valence-corrected chi connectivity index (χ0v) is 12.9. The second-order valence-corrected chi connectivity index (χ2v) is 5.35. The quantitative estimate of drug-likeness (QED) is 0.869. The molecule has 1 heterocycles. The van der Waals surface area contributed by atoms with Crippen LogP contribution in [0.2, 0.25) is 0 Å². The van der Waals surface area contributed by atoms with E-state index < -0.39 is 5.82 Å². The zero-order chi connectivity index (χ0) is 16.2. The fourth-order valence-electron chi connectivity index (χ4n) is 2.77. The first-order chi connectivity index (χ1) is 11.2. The number of ether oxygens (including phenoxy) is 2. The van der Waals surface area contributed by atoms with Gasteiger partial charge in [-0.25, -0.2) is 4.39 Å². The summed E-state index contributed by atoms with van der Waals surface area (Å²) in [5.41, 5.74) is 0.732. The highest BCUT2D eigenvalue weighted by molar-refractivity contribution is 6.07. The van der Waals surface area contributed by atoms with Crippen LogP contribution in [0.3, 0.4) is 0 Å². The van der Waals surface area contributed by atoms with Crippen molar-refractivity contribution in [3.05, 3.63) is 59.9 Å².